The van der Waals surface area contributed by atoms with E-state index < -0.39 is 40.0 Å². The summed E-state index contributed by atoms with van der Waals surface area (Å²) < 4.78 is 11.1. The van der Waals surface area contributed by atoms with Crippen molar-refractivity contribution in [3.05, 3.63) is 12.2 Å². The molecule has 7 nitrogen and oxygen atoms in total. The minimum Gasteiger partial charge on any atom is -0.465 e. The average Bonchev–Trinajstić information content (AvgIpc) is 2.67. The van der Waals surface area contributed by atoms with Crippen LogP contribution < -0.4 is 0 Å². The Bertz CT molecular complexity index is 810. The molecule has 31 heavy (non-hydrogen) atoms. The number of allylic oxidation sites excluding steroid dienone is 1. The first-order valence-electron chi connectivity index (χ1n) is 11.4. The molecule has 1 spiro atoms. The zero-order valence-electron chi connectivity index (χ0n) is 19.0. The number of hydrogen-bond donors (Lipinski definition) is 3. The van der Waals surface area contributed by atoms with Gasteiger partial charge in [0.05, 0.1) is 18.8 Å². The SMILES string of the molecule is C=C1C[C@@]23C[C@@H](O)[C@]4(O)[C@](C)(COC(C)=O)CC[C@@H](O)[C@@]4(C)[C@@H]2C[C@@H]1C[C@H]3OC(C)=O. The van der Waals surface area contributed by atoms with Crippen LogP contribution in [-0.4, -0.2) is 57.8 Å². The molecule has 0 aliphatic heterocycles. The minimum atomic E-state index is -1.66. The fraction of sp³-hybridized carbons (Fsp3) is 0.833. The van der Waals surface area contributed by atoms with Crippen molar-refractivity contribution in [2.24, 2.45) is 28.1 Å². The third kappa shape index (κ3) is 2.82. The molecule has 9 atom stereocenters. The Morgan fingerprint density at radius 3 is 2.42 bits per heavy atom. The molecule has 3 N–H and O–H groups in total. The molecule has 5 fully saturated rings. The van der Waals surface area contributed by atoms with Gasteiger partial charge in [-0.1, -0.05) is 26.0 Å². The van der Waals surface area contributed by atoms with E-state index in [0.717, 1.165) is 12.0 Å². The van der Waals surface area contributed by atoms with Gasteiger partial charge in [0.25, 0.3) is 0 Å². The monoisotopic (exact) mass is 436 g/mol. The lowest BCUT2D eigenvalue weighted by atomic mass is 9.33. The number of hydrogen-bond acceptors (Lipinski definition) is 7. The molecule has 0 unspecified atom stereocenters. The molecule has 5 aliphatic carbocycles. The number of ether oxygens (including phenoxy) is 2. The number of aliphatic hydroxyl groups excluding tert-OH is 2. The van der Waals surface area contributed by atoms with Crippen LogP contribution in [0.4, 0.5) is 0 Å². The smallest absolute Gasteiger partial charge is 0.302 e. The zero-order chi connectivity index (χ0) is 23.0. The van der Waals surface area contributed by atoms with Gasteiger partial charge in [0, 0.05) is 30.1 Å². The highest BCUT2D eigenvalue weighted by Crippen LogP contribution is 2.73. The zero-order valence-corrected chi connectivity index (χ0v) is 19.0. The maximum Gasteiger partial charge on any atom is 0.302 e. The maximum atomic E-state index is 12.3. The third-order valence-electron chi connectivity index (χ3n) is 9.57. The first-order chi connectivity index (χ1) is 14.3. The van der Waals surface area contributed by atoms with Crippen LogP contribution in [0.2, 0.25) is 0 Å². The van der Waals surface area contributed by atoms with E-state index in [1.54, 1.807) is 0 Å². The van der Waals surface area contributed by atoms with E-state index in [0.29, 0.717) is 25.7 Å². The predicted molar refractivity (Wildman–Crippen MR) is 112 cm³/mol. The lowest BCUT2D eigenvalue weighted by molar-refractivity contribution is -0.352. The first-order valence-corrected chi connectivity index (χ1v) is 11.4. The largest absolute Gasteiger partial charge is 0.465 e. The summed E-state index contributed by atoms with van der Waals surface area (Å²) in [5.74, 6) is -0.835. The molecule has 174 valence electrons. The van der Waals surface area contributed by atoms with Gasteiger partial charge in [-0.3, -0.25) is 9.59 Å². The average molecular weight is 437 g/mol. The van der Waals surface area contributed by atoms with Gasteiger partial charge in [0.1, 0.15) is 11.7 Å². The van der Waals surface area contributed by atoms with E-state index in [9.17, 15) is 24.9 Å². The van der Waals surface area contributed by atoms with E-state index in [4.69, 9.17) is 9.47 Å². The van der Waals surface area contributed by atoms with Crippen LogP contribution in [0, 0.1) is 28.1 Å². The minimum absolute atomic E-state index is 0.0264. The van der Waals surface area contributed by atoms with Gasteiger partial charge >= 0.3 is 11.9 Å². The number of aliphatic hydroxyl groups is 3. The van der Waals surface area contributed by atoms with Gasteiger partial charge < -0.3 is 24.8 Å². The molecule has 0 aromatic heterocycles. The molecule has 5 aliphatic rings. The number of carbonyl (C=O) groups is 2. The van der Waals surface area contributed by atoms with E-state index >= 15 is 0 Å². The van der Waals surface area contributed by atoms with Crippen molar-refractivity contribution in [1.82, 2.24) is 0 Å². The Morgan fingerprint density at radius 2 is 1.81 bits per heavy atom. The molecule has 5 saturated carbocycles. The van der Waals surface area contributed by atoms with Crippen LogP contribution in [0.1, 0.15) is 66.2 Å². The quantitative estimate of drug-likeness (QED) is 0.459. The highest BCUT2D eigenvalue weighted by molar-refractivity contribution is 5.66. The number of esters is 2. The highest BCUT2D eigenvalue weighted by atomic mass is 16.5. The Kier molecular flexibility index (Phi) is 5.16. The molecule has 0 heterocycles. The van der Waals surface area contributed by atoms with Crippen molar-refractivity contribution >= 4 is 11.9 Å². The summed E-state index contributed by atoms with van der Waals surface area (Å²) in [6.45, 7) is 10.7. The summed E-state index contributed by atoms with van der Waals surface area (Å²) >= 11 is 0. The standard InChI is InChI=1S/C24H36O7/c1-13-10-23-11-19(28)24(29)21(4,12-30-14(2)25)7-6-18(27)22(24,5)17(23)8-16(13)9-20(23)31-15(3)26/h16-20,27-29H,1,6-12H2,2-5H3/t16-,17+,18-,19-,20-,21+,22-,23-,24+/m1/s1. The van der Waals surface area contributed by atoms with Gasteiger partial charge in [-0.15, -0.1) is 0 Å². The van der Waals surface area contributed by atoms with Gasteiger partial charge in [-0.2, -0.15) is 0 Å². The normalized spacial score (nSPS) is 50.9. The molecule has 0 aromatic carbocycles. The summed E-state index contributed by atoms with van der Waals surface area (Å²) in [6.07, 6.45) is 0.693. The Balaban J connectivity index is 1.84. The van der Waals surface area contributed by atoms with Crippen molar-refractivity contribution in [3.63, 3.8) is 0 Å². The van der Waals surface area contributed by atoms with Crippen LogP contribution in [0.5, 0.6) is 0 Å². The predicted octanol–water partition coefficient (Wildman–Crippen LogP) is 2.12. The van der Waals surface area contributed by atoms with Crippen LogP contribution in [0.3, 0.4) is 0 Å². The van der Waals surface area contributed by atoms with Crippen molar-refractivity contribution in [1.29, 1.82) is 0 Å². The highest BCUT2D eigenvalue weighted by Gasteiger charge is 2.78. The maximum absolute atomic E-state index is 12.3. The summed E-state index contributed by atoms with van der Waals surface area (Å²) in [6, 6.07) is 0. The second-order valence-corrected chi connectivity index (χ2v) is 11.1. The Hall–Kier alpha value is -1.44. The van der Waals surface area contributed by atoms with Crippen molar-refractivity contribution in [2.75, 3.05) is 6.61 Å². The van der Waals surface area contributed by atoms with E-state index in [1.165, 1.54) is 13.8 Å². The molecule has 2 bridgehead atoms. The van der Waals surface area contributed by atoms with Gasteiger partial charge in [-0.25, -0.2) is 0 Å². The van der Waals surface area contributed by atoms with Crippen molar-refractivity contribution in [2.45, 2.75) is 90.1 Å². The van der Waals surface area contributed by atoms with Gasteiger partial charge in [0.15, 0.2) is 0 Å². The summed E-state index contributed by atoms with van der Waals surface area (Å²) in [5.41, 5.74) is -3.14. The molecule has 0 radical (unpaired) electrons. The topological polar surface area (TPSA) is 113 Å². The molecule has 0 amide bonds. The fourth-order valence-electron chi connectivity index (χ4n) is 8.08. The Morgan fingerprint density at radius 1 is 1.13 bits per heavy atom. The molecule has 5 rings (SSSR count). The summed E-state index contributed by atoms with van der Waals surface area (Å²) in [5, 5.41) is 35.2. The summed E-state index contributed by atoms with van der Waals surface area (Å²) in [7, 11) is 0. The second-order valence-electron chi connectivity index (χ2n) is 11.1. The van der Waals surface area contributed by atoms with Crippen molar-refractivity contribution < 1.29 is 34.4 Å². The molecule has 0 saturated heterocycles. The van der Waals surface area contributed by atoms with Crippen LogP contribution >= 0.6 is 0 Å². The summed E-state index contributed by atoms with van der Waals surface area (Å²) in [4.78, 5) is 23.5. The number of rotatable bonds is 3. The molecule has 0 aromatic rings. The van der Waals surface area contributed by atoms with E-state index in [-0.39, 0.29) is 36.9 Å². The van der Waals surface area contributed by atoms with E-state index in [2.05, 4.69) is 6.58 Å². The number of fused-ring (bicyclic) bond motifs is 3. The molecular weight excluding hydrogens is 400 g/mol. The molecular formula is C24H36O7. The van der Waals surface area contributed by atoms with Crippen molar-refractivity contribution in [3.8, 4) is 0 Å². The fourth-order valence-corrected chi connectivity index (χ4v) is 8.08. The van der Waals surface area contributed by atoms with Crippen LogP contribution in [0.25, 0.3) is 0 Å². The number of carbonyl (C=O) groups excluding carboxylic acids is 2. The van der Waals surface area contributed by atoms with Gasteiger partial charge in [-0.05, 0) is 50.4 Å². The molecule has 7 heteroatoms. The second kappa shape index (κ2) is 7.03. The van der Waals surface area contributed by atoms with Gasteiger partial charge in [0.2, 0.25) is 0 Å². The Labute approximate surface area is 183 Å². The van der Waals surface area contributed by atoms with Crippen LogP contribution in [-0.2, 0) is 19.1 Å². The first kappa shape index (κ1) is 22.7. The van der Waals surface area contributed by atoms with Crippen LogP contribution in [0.15, 0.2) is 12.2 Å². The lowest BCUT2D eigenvalue weighted by Gasteiger charge is -2.74. The third-order valence-corrected chi connectivity index (χ3v) is 9.57. The van der Waals surface area contributed by atoms with E-state index in [1.807, 2.05) is 13.8 Å². The lowest BCUT2D eigenvalue weighted by Crippen LogP contribution is -2.80.